The van der Waals surface area contributed by atoms with Crippen molar-refractivity contribution in [1.29, 1.82) is 0 Å². The van der Waals surface area contributed by atoms with Crippen molar-refractivity contribution in [3.63, 3.8) is 0 Å². The summed E-state index contributed by atoms with van der Waals surface area (Å²) in [6.45, 7) is 4.56. The van der Waals surface area contributed by atoms with Gasteiger partial charge in [-0.25, -0.2) is 0 Å². The van der Waals surface area contributed by atoms with Gasteiger partial charge in [-0.15, -0.1) is 0 Å². The minimum atomic E-state index is -1.53. The molecule has 100 valence electrons. The van der Waals surface area contributed by atoms with Crippen molar-refractivity contribution < 1.29 is 8.39 Å². The number of nitrogens with zero attached hydrogens (tertiary/aromatic N) is 1. The van der Waals surface area contributed by atoms with Gasteiger partial charge in [0.15, 0.2) is 0 Å². The van der Waals surface area contributed by atoms with Crippen LogP contribution in [0.2, 0.25) is 0 Å². The van der Waals surface area contributed by atoms with Crippen LogP contribution in [0.3, 0.4) is 0 Å². The SMILES string of the molecule is CCN(c1ccccc1)S(=O)Oc1ccc(C)cc1. The standard InChI is InChI=1S/C15H17NO2S/c1-3-16(14-7-5-4-6-8-14)19(17)18-15-11-9-13(2)10-12-15/h4-12H,3H2,1-2H3. The summed E-state index contributed by atoms with van der Waals surface area (Å²) in [4.78, 5) is 0. The Morgan fingerprint density at radius 3 is 2.26 bits per heavy atom. The van der Waals surface area contributed by atoms with Gasteiger partial charge < -0.3 is 4.18 Å². The summed E-state index contributed by atoms with van der Waals surface area (Å²) in [6, 6.07) is 17.1. The highest BCUT2D eigenvalue weighted by atomic mass is 32.2. The van der Waals surface area contributed by atoms with Gasteiger partial charge in [0.05, 0.1) is 5.69 Å². The average Bonchev–Trinajstić information content (AvgIpc) is 2.43. The Balaban J connectivity index is 2.11. The molecule has 0 saturated heterocycles. The highest BCUT2D eigenvalue weighted by molar-refractivity contribution is 7.82. The monoisotopic (exact) mass is 275 g/mol. The number of hydrogen-bond donors (Lipinski definition) is 0. The zero-order valence-corrected chi connectivity index (χ0v) is 11.9. The minimum absolute atomic E-state index is 0.610. The van der Waals surface area contributed by atoms with E-state index in [1.54, 1.807) is 4.31 Å². The van der Waals surface area contributed by atoms with Gasteiger partial charge in [0, 0.05) is 6.54 Å². The number of anilines is 1. The lowest BCUT2D eigenvalue weighted by Gasteiger charge is -2.20. The number of hydrogen-bond acceptors (Lipinski definition) is 2. The molecule has 0 fully saturated rings. The van der Waals surface area contributed by atoms with Crippen LogP contribution in [-0.4, -0.2) is 10.8 Å². The number of benzene rings is 2. The van der Waals surface area contributed by atoms with Gasteiger partial charge in [0.1, 0.15) is 5.75 Å². The van der Waals surface area contributed by atoms with E-state index in [9.17, 15) is 4.21 Å². The lowest BCUT2D eigenvalue weighted by Crippen LogP contribution is -2.28. The minimum Gasteiger partial charge on any atom is -0.385 e. The molecule has 0 radical (unpaired) electrons. The van der Waals surface area contributed by atoms with Crippen molar-refractivity contribution in [2.45, 2.75) is 13.8 Å². The maximum Gasteiger partial charge on any atom is 0.318 e. The maximum absolute atomic E-state index is 12.2. The second-order valence-corrected chi connectivity index (χ2v) is 5.19. The lowest BCUT2D eigenvalue weighted by molar-refractivity contribution is 0.558. The van der Waals surface area contributed by atoms with Crippen LogP contribution in [0.4, 0.5) is 5.69 Å². The third kappa shape index (κ3) is 3.58. The van der Waals surface area contributed by atoms with Crippen LogP contribution in [0.25, 0.3) is 0 Å². The van der Waals surface area contributed by atoms with E-state index in [0.29, 0.717) is 12.3 Å². The second kappa shape index (κ2) is 6.38. The molecule has 4 heteroatoms. The molecule has 0 aliphatic heterocycles. The summed E-state index contributed by atoms with van der Waals surface area (Å²) in [5.74, 6) is 0.610. The molecule has 2 aromatic rings. The molecule has 0 aliphatic carbocycles. The van der Waals surface area contributed by atoms with Crippen molar-refractivity contribution in [2.24, 2.45) is 0 Å². The number of aryl methyl sites for hydroxylation is 1. The third-order valence-electron chi connectivity index (χ3n) is 2.70. The number of rotatable bonds is 5. The molecule has 3 nitrogen and oxygen atoms in total. The highest BCUT2D eigenvalue weighted by Crippen LogP contribution is 2.19. The first kappa shape index (κ1) is 13.6. The first-order valence-corrected chi connectivity index (χ1v) is 7.23. The molecular formula is C15H17NO2S. The van der Waals surface area contributed by atoms with E-state index < -0.39 is 11.3 Å². The molecule has 0 amide bonds. The highest BCUT2D eigenvalue weighted by Gasteiger charge is 2.14. The molecule has 0 aliphatic rings. The molecule has 19 heavy (non-hydrogen) atoms. The van der Waals surface area contributed by atoms with Gasteiger partial charge in [-0.1, -0.05) is 35.9 Å². The van der Waals surface area contributed by atoms with E-state index in [1.165, 1.54) is 0 Å². The van der Waals surface area contributed by atoms with E-state index >= 15 is 0 Å². The number of para-hydroxylation sites is 1. The first-order chi connectivity index (χ1) is 9.20. The lowest BCUT2D eigenvalue weighted by atomic mass is 10.2. The molecule has 0 aromatic heterocycles. The molecule has 0 saturated carbocycles. The molecule has 2 rings (SSSR count). The molecule has 0 N–H and O–H groups in total. The molecule has 2 aromatic carbocycles. The average molecular weight is 275 g/mol. The smallest absolute Gasteiger partial charge is 0.318 e. The van der Waals surface area contributed by atoms with Gasteiger partial charge in [0.25, 0.3) is 0 Å². The first-order valence-electron chi connectivity index (χ1n) is 6.20. The van der Waals surface area contributed by atoms with Gasteiger partial charge in [0.2, 0.25) is 0 Å². The zero-order valence-electron chi connectivity index (χ0n) is 11.1. The normalized spacial score (nSPS) is 11.9. The van der Waals surface area contributed by atoms with Crippen LogP contribution in [-0.2, 0) is 11.3 Å². The fourth-order valence-electron chi connectivity index (χ4n) is 1.69. The molecule has 0 spiro atoms. The van der Waals surface area contributed by atoms with Crippen LogP contribution in [0, 0.1) is 6.92 Å². The van der Waals surface area contributed by atoms with E-state index in [1.807, 2.05) is 68.4 Å². The molecule has 1 atom stereocenters. The van der Waals surface area contributed by atoms with Gasteiger partial charge >= 0.3 is 11.3 Å². The van der Waals surface area contributed by atoms with Crippen molar-refractivity contribution in [1.82, 2.24) is 0 Å². The van der Waals surface area contributed by atoms with Crippen LogP contribution < -0.4 is 8.49 Å². The predicted octanol–water partition coefficient (Wildman–Crippen LogP) is 3.48. The zero-order chi connectivity index (χ0) is 13.7. The quantitative estimate of drug-likeness (QED) is 0.836. The fraction of sp³-hybridized carbons (Fsp3) is 0.200. The van der Waals surface area contributed by atoms with Crippen LogP contribution in [0.1, 0.15) is 12.5 Å². The topological polar surface area (TPSA) is 29.5 Å². The van der Waals surface area contributed by atoms with Crippen LogP contribution in [0.5, 0.6) is 5.75 Å². The van der Waals surface area contributed by atoms with Crippen LogP contribution >= 0.6 is 0 Å². The predicted molar refractivity (Wildman–Crippen MR) is 79.4 cm³/mol. The Morgan fingerprint density at radius 1 is 1.05 bits per heavy atom. The van der Waals surface area contributed by atoms with Crippen molar-refractivity contribution in [3.8, 4) is 5.75 Å². The van der Waals surface area contributed by atoms with Crippen molar-refractivity contribution in [3.05, 3.63) is 60.2 Å². The van der Waals surface area contributed by atoms with E-state index in [2.05, 4.69) is 0 Å². The third-order valence-corrected chi connectivity index (χ3v) is 3.86. The molecular weight excluding hydrogens is 258 g/mol. The Hall–Kier alpha value is -1.81. The summed E-state index contributed by atoms with van der Waals surface area (Å²) >= 11 is -1.53. The van der Waals surface area contributed by atoms with Crippen LogP contribution in [0.15, 0.2) is 54.6 Å². The molecule has 0 bridgehead atoms. The summed E-state index contributed by atoms with van der Waals surface area (Å²) in [7, 11) is 0. The van der Waals surface area contributed by atoms with E-state index in [-0.39, 0.29) is 0 Å². The molecule has 0 heterocycles. The Labute approximate surface area is 116 Å². The Morgan fingerprint density at radius 2 is 1.68 bits per heavy atom. The fourth-order valence-corrected chi connectivity index (χ4v) is 2.56. The van der Waals surface area contributed by atoms with Crippen molar-refractivity contribution >= 4 is 17.0 Å². The van der Waals surface area contributed by atoms with Gasteiger partial charge in [-0.05, 0) is 38.1 Å². The largest absolute Gasteiger partial charge is 0.385 e. The summed E-state index contributed by atoms with van der Waals surface area (Å²) in [6.07, 6.45) is 0. The van der Waals surface area contributed by atoms with E-state index in [4.69, 9.17) is 4.18 Å². The van der Waals surface area contributed by atoms with Gasteiger partial charge in [-0.3, -0.25) is 4.31 Å². The van der Waals surface area contributed by atoms with Gasteiger partial charge in [-0.2, -0.15) is 4.21 Å². The summed E-state index contributed by atoms with van der Waals surface area (Å²) in [5.41, 5.74) is 2.03. The second-order valence-electron chi connectivity index (χ2n) is 4.14. The molecule has 1 unspecified atom stereocenters. The van der Waals surface area contributed by atoms with E-state index in [0.717, 1.165) is 11.3 Å². The summed E-state index contributed by atoms with van der Waals surface area (Å²) < 4.78 is 19.4. The van der Waals surface area contributed by atoms with Crippen molar-refractivity contribution in [2.75, 3.05) is 10.8 Å². The maximum atomic E-state index is 12.2. The Kier molecular flexibility index (Phi) is 4.58. The summed E-state index contributed by atoms with van der Waals surface area (Å²) in [5, 5.41) is 0. The Bertz CT molecular complexity index is 540.